The van der Waals surface area contributed by atoms with Gasteiger partial charge in [-0.3, -0.25) is 9.59 Å². The normalized spacial score (nSPS) is 42.9. The number of fused-ring (bicyclic) bond motifs is 3. The SMILES string of the molecule is NC(O)C1=C(O)[C@@]2(O)C(O)=C3C(=O)C4C(O)CCC(CCC5CCCCN5)C4C[C@H]3C[C@H]2CC1=O. The molecule has 194 valence electrons. The first-order valence-corrected chi connectivity index (χ1v) is 13.2. The molecule has 5 aliphatic rings. The standard InChI is InChI=1S/C26H38N2O7/c27-25(34)21-18(30)11-14-9-13-10-16-12(4-6-15-3-1-2-8-28-15)5-7-17(29)20(16)22(31)19(13)23(32)26(14,35)24(21)33/h12-17,20,25,28-29,32-35H,1-11,27H2/t12?,13-,14+,15?,16?,17?,20?,25?,26+/m1/s1. The first kappa shape index (κ1) is 24.9. The topological polar surface area (TPSA) is 173 Å². The summed E-state index contributed by atoms with van der Waals surface area (Å²) in [6, 6.07) is 0.493. The number of rotatable bonds is 4. The summed E-state index contributed by atoms with van der Waals surface area (Å²) in [7, 11) is 0. The van der Waals surface area contributed by atoms with Crippen LogP contribution in [-0.2, 0) is 9.59 Å². The lowest BCUT2D eigenvalue weighted by atomic mass is 9.54. The molecule has 0 aromatic carbocycles. The van der Waals surface area contributed by atoms with Crippen LogP contribution in [0, 0.1) is 29.6 Å². The monoisotopic (exact) mass is 490 g/mol. The van der Waals surface area contributed by atoms with Crippen molar-refractivity contribution in [2.45, 2.75) is 88.2 Å². The second-order valence-electron chi connectivity index (χ2n) is 11.4. The van der Waals surface area contributed by atoms with Crippen LogP contribution in [0.4, 0.5) is 0 Å². The lowest BCUT2D eigenvalue weighted by molar-refractivity contribution is -0.138. The van der Waals surface area contributed by atoms with E-state index in [1.54, 1.807) is 0 Å². The predicted octanol–water partition coefficient (Wildman–Crippen LogP) is 1.13. The van der Waals surface area contributed by atoms with Gasteiger partial charge in [0.25, 0.3) is 0 Å². The molecule has 5 rings (SSSR count). The van der Waals surface area contributed by atoms with Gasteiger partial charge in [-0.15, -0.1) is 0 Å². The highest BCUT2D eigenvalue weighted by molar-refractivity contribution is 6.02. The van der Waals surface area contributed by atoms with Crippen molar-refractivity contribution >= 4 is 11.6 Å². The fraction of sp³-hybridized carbons (Fsp3) is 0.769. The molecule has 8 N–H and O–H groups in total. The van der Waals surface area contributed by atoms with E-state index in [1.807, 2.05) is 0 Å². The number of aliphatic hydroxyl groups is 5. The molecule has 9 nitrogen and oxygen atoms in total. The third kappa shape index (κ3) is 3.96. The molecule has 4 aliphatic carbocycles. The van der Waals surface area contributed by atoms with Crippen molar-refractivity contribution in [2.24, 2.45) is 35.3 Å². The largest absolute Gasteiger partial charge is 0.508 e. The Morgan fingerprint density at radius 3 is 2.51 bits per heavy atom. The van der Waals surface area contributed by atoms with E-state index in [9.17, 15) is 35.1 Å². The highest BCUT2D eigenvalue weighted by atomic mass is 16.4. The number of hydrogen-bond acceptors (Lipinski definition) is 9. The van der Waals surface area contributed by atoms with E-state index in [4.69, 9.17) is 5.73 Å². The Morgan fingerprint density at radius 2 is 1.83 bits per heavy atom. The number of hydrogen-bond donors (Lipinski definition) is 7. The van der Waals surface area contributed by atoms with Crippen molar-refractivity contribution < 1.29 is 35.1 Å². The Hall–Kier alpha value is -1.78. The van der Waals surface area contributed by atoms with Crippen LogP contribution in [0.15, 0.2) is 22.7 Å². The zero-order valence-corrected chi connectivity index (χ0v) is 20.0. The second-order valence-corrected chi connectivity index (χ2v) is 11.4. The zero-order chi connectivity index (χ0) is 25.1. The van der Waals surface area contributed by atoms with Crippen LogP contribution >= 0.6 is 0 Å². The fourth-order valence-electron chi connectivity index (χ4n) is 7.79. The van der Waals surface area contributed by atoms with E-state index in [-0.39, 0.29) is 36.0 Å². The first-order valence-electron chi connectivity index (χ1n) is 13.2. The quantitative estimate of drug-likeness (QED) is 0.285. The van der Waals surface area contributed by atoms with E-state index in [0.717, 1.165) is 32.2 Å². The molecule has 0 radical (unpaired) electrons. The first-order chi connectivity index (χ1) is 16.6. The molecular weight excluding hydrogens is 452 g/mol. The average Bonchev–Trinajstić information content (AvgIpc) is 2.81. The molecule has 1 saturated heterocycles. The van der Waals surface area contributed by atoms with Gasteiger partial charge in [0.2, 0.25) is 0 Å². The molecule has 0 aromatic heterocycles. The Labute approximate surface area is 205 Å². The summed E-state index contributed by atoms with van der Waals surface area (Å²) in [6.45, 7) is 1.04. The maximum atomic E-state index is 13.7. The minimum Gasteiger partial charge on any atom is -0.508 e. The van der Waals surface area contributed by atoms with Crippen LogP contribution in [0.1, 0.15) is 64.2 Å². The Bertz CT molecular complexity index is 953. The minimum absolute atomic E-state index is 0.0209. The van der Waals surface area contributed by atoms with Gasteiger partial charge in [-0.2, -0.15) is 0 Å². The highest BCUT2D eigenvalue weighted by Gasteiger charge is 2.60. The van der Waals surface area contributed by atoms with E-state index < -0.39 is 52.6 Å². The number of aliphatic hydroxyl groups excluding tert-OH is 4. The maximum Gasteiger partial charge on any atom is 0.182 e. The van der Waals surface area contributed by atoms with Crippen LogP contribution in [0.2, 0.25) is 0 Å². The second kappa shape index (κ2) is 9.27. The van der Waals surface area contributed by atoms with Gasteiger partial charge < -0.3 is 36.6 Å². The molecule has 9 atom stereocenters. The molecule has 6 unspecified atom stereocenters. The number of carbonyl (C=O) groups excluding carboxylic acids is 2. The Balaban J connectivity index is 1.45. The lowest BCUT2D eigenvalue weighted by Crippen LogP contribution is -2.57. The van der Waals surface area contributed by atoms with Gasteiger partial charge >= 0.3 is 0 Å². The zero-order valence-electron chi connectivity index (χ0n) is 20.0. The summed E-state index contributed by atoms with van der Waals surface area (Å²) in [4.78, 5) is 26.3. The average molecular weight is 491 g/mol. The molecule has 0 spiro atoms. The molecule has 2 saturated carbocycles. The predicted molar refractivity (Wildman–Crippen MR) is 126 cm³/mol. The van der Waals surface area contributed by atoms with Crippen molar-refractivity contribution in [1.29, 1.82) is 0 Å². The molecule has 3 fully saturated rings. The van der Waals surface area contributed by atoms with Crippen LogP contribution in [0.25, 0.3) is 0 Å². The van der Waals surface area contributed by atoms with Gasteiger partial charge in [0.05, 0.1) is 17.6 Å². The number of piperidine rings is 1. The lowest BCUT2D eigenvalue weighted by Gasteiger charge is -2.51. The minimum atomic E-state index is -2.34. The van der Waals surface area contributed by atoms with Gasteiger partial charge in [0.15, 0.2) is 17.2 Å². The van der Waals surface area contributed by atoms with Crippen molar-refractivity contribution in [3.63, 3.8) is 0 Å². The number of carbonyl (C=O) groups is 2. The number of nitrogens with two attached hydrogens (primary N) is 1. The molecule has 0 amide bonds. The van der Waals surface area contributed by atoms with E-state index in [1.165, 1.54) is 12.8 Å². The number of Topliss-reactive ketones (excluding diaryl/α,β-unsaturated/α-hetero) is 2. The van der Waals surface area contributed by atoms with Crippen LogP contribution in [0.5, 0.6) is 0 Å². The maximum absolute atomic E-state index is 13.7. The fourth-order valence-corrected chi connectivity index (χ4v) is 7.79. The van der Waals surface area contributed by atoms with E-state index >= 15 is 0 Å². The highest BCUT2D eigenvalue weighted by Crippen LogP contribution is 2.56. The molecule has 9 heteroatoms. The Kier molecular flexibility index (Phi) is 6.59. The number of allylic oxidation sites excluding steroid dienone is 1. The molecule has 0 aromatic rings. The van der Waals surface area contributed by atoms with Crippen LogP contribution < -0.4 is 11.1 Å². The summed E-state index contributed by atoms with van der Waals surface area (Å²) < 4.78 is 0. The summed E-state index contributed by atoms with van der Waals surface area (Å²) >= 11 is 0. The van der Waals surface area contributed by atoms with Crippen molar-refractivity contribution in [3.8, 4) is 0 Å². The number of ketones is 2. The summed E-state index contributed by atoms with van der Waals surface area (Å²) in [5, 5.41) is 57.5. The summed E-state index contributed by atoms with van der Waals surface area (Å²) in [6.07, 6.45) is 5.01. The van der Waals surface area contributed by atoms with Gasteiger partial charge in [0, 0.05) is 24.0 Å². The smallest absolute Gasteiger partial charge is 0.182 e. The van der Waals surface area contributed by atoms with E-state index in [2.05, 4.69) is 5.32 Å². The third-order valence-electron chi connectivity index (χ3n) is 9.57. The number of nitrogens with one attached hydrogen (secondary N) is 1. The van der Waals surface area contributed by atoms with Gasteiger partial charge in [-0.1, -0.05) is 6.42 Å². The van der Waals surface area contributed by atoms with Gasteiger partial charge in [-0.25, -0.2) is 0 Å². The summed E-state index contributed by atoms with van der Waals surface area (Å²) in [5.41, 5.74) is 2.61. The third-order valence-corrected chi connectivity index (χ3v) is 9.57. The van der Waals surface area contributed by atoms with Crippen molar-refractivity contribution in [3.05, 3.63) is 22.7 Å². The molecular formula is C26H38N2O7. The van der Waals surface area contributed by atoms with Crippen LogP contribution in [0.3, 0.4) is 0 Å². The van der Waals surface area contributed by atoms with Crippen LogP contribution in [-0.4, -0.2) is 67.6 Å². The molecule has 1 heterocycles. The van der Waals surface area contributed by atoms with Gasteiger partial charge in [0.1, 0.15) is 17.7 Å². The van der Waals surface area contributed by atoms with Crippen molar-refractivity contribution in [2.75, 3.05) is 6.54 Å². The van der Waals surface area contributed by atoms with Gasteiger partial charge in [-0.05, 0) is 75.7 Å². The molecule has 1 aliphatic heterocycles. The Morgan fingerprint density at radius 1 is 1.06 bits per heavy atom. The summed E-state index contributed by atoms with van der Waals surface area (Å²) in [5.74, 6) is -4.06. The van der Waals surface area contributed by atoms with E-state index in [0.29, 0.717) is 24.8 Å². The molecule has 0 bridgehead atoms. The van der Waals surface area contributed by atoms with Crippen molar-refractivity contribution in [1.82, 2.24) is 5.32 Å². The molecule has 35 heavy (non-hydrogen) atoms.